The van der Waals surface area contributed by atoms with E-state index in [4.69, 9.17) is 5.11 Å². The van der Waals surface area contributed by atoms with Crippen LogP contribution in [0.5, 0.6) is 0 Å². The summed E-state index contributed by atoms with van der Waals surface area (Å²) < 4.78 is 0. The molecule has 0 atom stereocenters. The Kier molecular flexibility index (Phi) is 2.62. The number of aromatic nitrogens is 1. The molecule has 0 aliphatic heterocycles. The third-order valence-corrected chi connectivity index (χ3v) is 2.56. The van der Waals surface area contributed by atoms with Crippen molar-refractivity contribution < 1.29 is 14.7 Å². The van der Waals surface area contributed by atoms with Gasteiger partial charge in [0, 0.05) is 7.05 Å². The van der Waals surface area contributed by atoms with Crippen molar-refractivity contribution in [1.29, 1.82) is 0 Å². The van der Waals surface area contributed by atoms with Crippen LogP contribution in [0.4, 0.5) is 0 Å². The van der Waals surface area contributed by atoms with Crippen LogP contribution < -0.4 is 5.32 Å². The van der Waals surface area contributed by atoms with Crippen molar-refractivity contribution in [2.45, 2.75) is 6.92 Å². The fourth-order valence-corrected chi connectivity index (χ4v) is 1.65. The minimum atomic E-state index is -1.05. The Balaban J connectivity index is 3.09. The summed E-state index contributed by atoms with van der Waals surface area (Å²) in [4.78, 5) is 25.6. The first kappa shape index (κ1) is 9.66. The molecule has 70 valence electrons. The fourth-order valence-electron chi connectivity index (χ4n) is 0.799. The van der Waals surface area contributed by atoms with Crippen LogP contribution in [-0.2, 0) is 0 Å². The van der Waals surface area contributed by atoms with Crippen LogP contribution in [0.25, 0.3) is 0 Å². The number of hydrogen-bond donors (Lipinski definition) is 2. The van der Waals surface area contributed by atoms with Gasteiger partial charge in [-0.3, -0.25) is 4.79 Å². The molecule has 1 aromatic rings. The molecule has 0 unspecified atom stereocenters. The molecular weight excluding hydrogens is 192 g/mol. The molecule has 6 heteroatoms. The topological polar surface area (TPSA) is 79.3 Å². The summed E-state index contributed by atoms with van der Waals surface area (Å²) >= 11 is 0.878. The lowest BCUT2D eigenvalue weighted by Crippen LogP contribution is -2.17. The number of carboxylic acids is 1. The first-order valence-electron chi connectivity index (χ1n) is 3.49. The Morgan fingerprint density at radius 1 is 1.54 bits per heavy atom. The highest BCUT2D eigenvalue weighted by Crippen LogP contribution is 2.17. The number of carboxylic acid groups (broad SMARTS) is 1. The van der Waals surface area contributed by atoms with Gasteiger partial charge in [0.05, 0.1) is 5.69 Å². The number of hydrogen-bond acceptors (Lipinski definition) is 4. The molecule has 1 heterocycles. The average molecular weight is 200 g/mol. The molecule has 0 saturated heterocycles. The number of nitrogens with one attached hydrogen (secondary N) is 1. The summed E-state index contributed by atoms with van der Waals surface area (Å²) in [7, 11) is 1.47. The minimum Gasteiger partial charge on any atom is -0.477 e. The van der Waals surface area contributed by atoms with Gasteiger partial charge in [-0.25, -0.2) is 9.78 Å². The van der Waals surface area contributed by atoms with Crippen LogP contribution in [0.1, 0.15) is 25.2 Å². The SMILES string of the molecule is CNC(=O)c1nc(C)c(C(=O)O)s1. The molecule has 2 N–H and O–H groups in total. The lowest BCUT2D eigenvalue weighted by atomic mass is 10.4. The highest BCUT2D eigenvalue weighted by atomic mass is 32.1. The van der Waals surface area contributed by atoms with Crippen molar-refractivity contribution in [3.05, 3.63) is 15.6 Å². The van der Waals surface area contributed by atoms with Gasteiger partial charge in [0.15, 0.2) is 5.01 Å². The Hall–Kier alpha value is -1.43. The van der Waals surface area contributed by atoms with Crippen molar-refractivity contribution in [1.82, 2.24) is 10.3 Å². The maximum atomic E-state index is 11.0. The monoisotopic (exact) mass is 200 g/mol. The van der Waals surface area contributed by atoms with Crippen molar-refractivity contribution in [3.8, 4) is 0 Å². The van der Waals surface area contributed by atoms with Crippen LogP contribution in [-0.4, -0.2) is 29.0 Å². The highest BCUT2D eigenvalue weighted by Gasteiger charge is 2.17. The van der Waals surface area contributed by atoms with E-state index in [1.807, 2.05) is 0 Å². The molecular formula is C7H8N2O3S. The summed E-state index contributed by atoms with van der Waals surface area (Å²) in [6, 6.07) is 0. The Bertz CT molecular complexity index is 359. The molecule has 5 nitrogen and oxygen atoms in total. The lowest BCUT2D eigenvalue weighted by Gasteiger charge is -1.89. The van der Waals surface area contributed by atoms with Crippen LogP contribution in [0.2, 0.25) is 0 Å². The second-order valence-corrected chi connectivity index (χ2v) is 3.32. The van der Waals surface area contributed by atoms with Crippen LogP contribution >= 0.6 is 11.3 Å². The quantitative estimate of drug-likeness (QED) is 0.729. The summed E-state index contributed by atoms with van der Waals surface area (Å²) in [5.74, 6) is -1.41. The number of thiazole rings is 1. The summed E-state index contributed by atoms with van der Waals surface area (Å²) in [5, 5.41) is 11.2. The smallest absolute Gasteiger partial charge is 0.347 e. The second kappa shape index (κ2) is 3.53. The van der Waals surface area contributed by atoms with Crippen molar-refractivity contribution in [3.63, 3.8) is 0 Å². The van der Waals surface area contributed by atoms with E-state index in [9.17, 15) is 9.59 Å². The summed E-state index contributed by atoms with van der Waals surface area (Å²) in [5.41, 5.74) is 0.371. The largest absolute Gasteiger partial charge is 0.477 e. The number of rotatable bonds is 2. The zero-order chi connectivity index (χ0) is 10.0. The first-order valence-corrected chi connectivity index (χ1v) is 4.30. The average Bonchev–Trinajstić information content (AvgIpc) is 2.46. The zero-order valence-corrected chi connectivity index (χ0v) is 7.94. The molecule has 1 aromatic heterocycles. The fraction of sp³-hybridized carbons (Fsp3) is 0.286. The standard InChI is InChI=1S/C7H8N2O3S/c1-3-4(7(11)12)13-6(9-3)5(10)8-2/h1-2H3,(H,8,10)(H,11,12). The van der Waals surface area contributed by atoms with E-state index in [0.29, 0.717) is 5.69 Å². The van der Waals surface area contributed by atoms with Crippen LogP contribution in [0.3, 0.4) is 0 Å². The van der Waals surface area contributed by atoms with Crippen molar-refractivity contribution in [2.24, 2.45) is 0 Å². The number of carbonyl (C=O) groups is 2. The van der Waals surface area contributed by atoms with E-state index in [1.54, 1.807) is 6.92 Å². The predicted octanol–water partition coefficient (Wildman–Crippen LogP) is 0.509. The zero-order valence-electron chi connectivity index (χ0n) is 7.12. The third kappa shape index (κ3) is 1.83. The molecule has 0 fully saturated rings. The van der Waals surface area contributed by atoms with Gasteiger partial charge in [-0.1, -0.05) is 0 Å². The molecule has 0 aliphatic rings. The Morgan fingerprint density at radius 3 is 2.54 bits per heavy atom. The molecule has 1 amide bonds. The van der Waals surface area contributed by atoms with Gasteiger partial charge in [-0.15, -0.1) is 11.3 Å². The number of amides is 1. The maximum Gasteiger partial charge on any atom is 0.347 e. The third-order valence-electron chi connectivity index (χ3n) is 1.41. The molecule has 0 spiro atoms. The summed E-state index contributed by atoms with van der Waals surface area (Å²) in [6.45, 7) is 1.56. The van der Waals surface area contributed by atoms with Crippen molar-refractivity contribution >= 4 is 23.2 Å². The minimum absolute atomic E-state index is 0.110. The van der Waals surface area contributed by atoms with Gasteiger partial charge in [-0.2, -0.15) is 0 Å². The molecule has 1 rings (SSSR count). The van der Waals surface area contributed by atoms with E-state index in [-0.39, 0.29) is 15.8 Å². The highest BCUT2D eigenvalue weighted by molar-refractivity contribution is 7.15. The van der Waals surface area contributed by atoms with Gasteiger partial charge in [0.25, 0.3) is 5.91 Å². The van der Waals surface area contributed by atoms with Crippen LogP contribution in [0.15, 0.2) is 0 Å². The number of nitrogens with zero attached hydrogens (tertiary/aromatic N) is 1. The van der Waals surface area contributed by atoms with E-state index < -0.39 is 5.97 Å². The Morgan fingerprint density at radius 2 is 2.15 bits per heavy atom. The number of aryl methyl sites for hydroxylation is 1. The molecule has 0 saturated carbocycles. The molecule has 13 heavy (non-hydrogen) atoms. The second-order valence-electron chi connectivity index (χ2n) is 2.32. The van der Waals surface area contributed by atoms with Gasteiger partial charge in [0.2, 0.25) is 0 Å². The normalized spacial score (nSPS) is 9.69. The molecule has 0 radical (unpaired) electrons. The lowest BCUT2D eigenvalue weighted by molar-refractivity contribution is 0.0701. The van der Waals surface area contributed by atoms with E-state index in [2.05, 4.69) is 10.3 Å². The summed E-state index contributed by atoms with van der Waals surface area (Å²) in [6.07, 6.45) is 0. The van der Waals surface area contributed by atoms with Gasteiger partial charge in [-0.05, 0) is 6.92 Å². The molecule has 0 bridgehead atoms. The molecule has 0 aliphatic carbocycles. The maximum absolute atomic E-state index is 11.0. The van der Waals surface area contributed by atoms with E-state index in [0.717, 1.165) is 11.3 Å². The molecule has 0 aromatic carbocycles. The van der Waals surface area contributed by atoms with E-state index >= 15 is 0 Å². The Labute approximate surface area is 78.4 Å². The number of carbonyl (C=O) groups excluding carboxylic acids is 1. The van der Waals surface area contributed by atoms with Gasteiger partial charge in [0.1, 0.15) is 4.88 Å². The van der Waals surface area contributed by atoms with Gasteiger partial charge >= 0.3 is 5.97 Å². The van der Waals surface area contributed by atoms with E-state index in [1.165, 1.54) is 7.05 Å². The van der Waals surface area contributed by atoms with Crippen molar-refractivity contribution in [2.75, 3.05) is 7.05 Å². The van der Waals surface area contributed by atoms with Crippen LogP contribution in [0, 0.1) is 6.92 Å². The number of aromatic carboxylic acids is 1. The first-order chi connectivity index (χ1) is 6.06. The predicted molar refractivity (Wildman–Crippen MR) is 47.2 cm³/mol. The van der Waals surface area contributed by atoms with Gasteiger partial charge < -0.3 is 10.4 Å².